The van der Waals surface area contributed by atoms with Crippen LogP contribution in [0.25, 0.3) is 0 Å². The Bertz CT molecular complexity index is 432. The van der Waals surface area contributed by atoms with Crippen molar-refractivity contribution in [2.24, 2.45) is 5.73 Å². The van der Waals surface area contributed by atoms with Crippen molar-refractivity contribution in [3.05, 3.63) is 34.9 Å². The summed E-state index contributed by atoms with van der Waals surface area (Å²) >= 11 is 6.91. The summed E-state index contributed by atoms with van der Waals surface area (Å²) in [6.07, 6.45) is 3.38. The number of rotatable bonds is 7. The van der Waals surface area contributed by atoms with Crippen molar-refractivity contribution in [2.45, 2.75) is 32.9 Å². The van der Waals surface area contributed by atoms with Gasteiger partial charge >= 0.3 is 0 Å². The van der Waals surface area contributed by atoms with E-state index in [2.05, 4.69) is 44.2 Å². The first kappa shape index (κ1) is 16.5. The molecule has 0 aliphatic rings. The highest BCUT2D eigenvalue weighted by atomic mass is 32.2. The van der Waals surface area contributed by atoms with Gasteiger partial charge in [0.1, 0.15) is 4.99 Å². The first-order valence-electron chi connectivity index (χ1n) is 6.54. The van der Waals surface area contributed by atoms with Crippen molar-refractivity contribution in [3.8, 4) is 0 Å². The normalized spacial score (nSPS) is 12.7. The molecule has 0 fully saturated rings. The average molecular weight is 297 g/mol. The van der Waals surface area contributed by atoms with Crippen LogP contribution in [-0.2, 0) is 6.54 Å². The summed E-state index contributed by atoms with van der Waals surface area (Å²) in [6.45, 7) is 5.38. The molecule has 0 aliphatic carbocycles. The predicted molar refractivity (Wildman–Crippen MR) is 91.0 cm³/mol. The minimum atomic E-state index is 0.469. The van der Waals surface area contributed by atoms with Gasteiger partial charge in [-0.15, -0.1) is 0 Å². The van der Waals surface area contributed by atoms with Crippen molar-refractivity contribution < 1.29 is 0 Å². The van der Waals surface area contributed by atoms with Gasteiger partial charge in [0.2, 0.25) is 0 Å². The summed E-state index contributed by atoms with van der Waals surface area (Å²) in [5.74, 6) is 1.21. The lowest BCUT2D eigenvalue weighted by Crippen LogP contribution is -2.29. The fourth-order valence-electron chi connectivity index (χ4n) is 1.96. The molecule has 2 N–H and O–H groups in total. The summed E-state index contributed by atoms with van der Waals surface area (Å²) in [4.78, 5) is 2.87. The molecule has 1 rings (SSSR count). The topological polar surface area (TPSA) is 29.3 Å². The Morgan fingerprint density at radius 1 is 1.47 bits per heavy atom. The summed E-state index contributed by atoms with van der Waals surface area (Å²) in [6, 6.07) is 6.84. The van der Waals surface area contributed by atoms with Crippen LogP contribution in [0.15, 0.2) is 18.2 Å². The van der Waals surface area contributed by atoms with Crippen LogP contribution in [0.2, 0.25) is 0 Å². The Morgan fingerprint density at radius 3 is 2.68 bits per heavy atom. The first-order valence-corrected chi connectivity index (χ1v) is 8.34. The van der Waals surface area contributed by atoms with Crippen LogP contribution < -0.4 is 5.73 Å². The van der Waals surface area contributed by atoms with Crippen LogP contribution in [0, 0.1) is 6.92 Å². The number of hydrogen-bond donors (Lipinski definition) is 1. The molecule has 1 unspecified atom stereocenters. The number of aryl methyl sites for hydroxylation is 1. The maximum atomic E-state index is 5.66. The van der Waals surface area contributed by atoms with Crippen molar-refractivity contribution >= 4 is 29.0 Å². The lowest BCUT2D eigenvalue weighted by Gasteiger charge is -2.25. The van der Waals surface area contributed by atoms with E-state index in [4.69, 9.17) is 18.0 Å². The van der Waals surface area contributed by atoms with Gasteiger partial charge in [-0.3, -0.25) is 4.90 Å². The van der Waals surface area contributed by atoms with E-state index in [1.807, 2.05) is 17.8 Å². The number of thioether (sulfide) groups is 1. The van der Waals surface area contributed by atoms with Gasteiger partial charge in [-0.05, 0) is 56.5 Å². The molecule has 106 valence electrons. The van der Waals surface area contributed by atoms with Gasteiger partial charge in [0.05, 0.1) is 0 Å². The van der Waals surface area contributed by atoms with Gasteiger partial charge < -0.3 is 5.73 Å². The monoisotopic (exact) mass is 296 g/mol. The van der Waals surface area contributed by atoms with Crippen molar-refractivity contribution in [2.75, 3.05) is 19.1 Å². The third kappa shape index (κ3) is 5.13. The summed E-state index contributed by atoms with van der Waals surface area (Å²) < 4.78 is 0. The molecular weight excluding hydrogens is 272 g/mol. The molecule has 0 aromatic heterocycles. The van der Waals surface area contributed by atoms with Crippen LogP contribution in [0.3, 0.4) is 0 Å². The Labute approximate surface area is 126 Å². The van der Waals surface area contributed by atoms with Gasteiger partial charge in [0.25, 0.3) is 0 Å². The van der Waals surface area contributed by atoms with Crippen LogP contribution in [0.4, 0.5) is 0 Å². The minimum absolute atomic E-state index is 0.469. The average Bonchev–Trinajstić information content (AvgIpc) is 2.37. The molecule has 0 saturated heterocycles. The molecule has 0 aliphatic heterocycles. The predicted octanol–water partition coefficient (Wildman–Crippen LogP) is 3.20. The molecule has 1 aromatic rings. The zero-order valence-corrected chi connectivity index (χ0v) is 13.9. The number of thiocarbonyl (C=S) groups is 1. The van der Waals surface area contributed by atoms with Gasteiger partial charge in [0, 0.05) is 18.2 Å². The second-order valence-corrected chi connectivity index (χ2v) is 6.48. The molecule has 1 atom stereocenters. The highest BCUT2D eigenvalue weighted by Crippen LogP contribution is 2.15. The molecule has 0 bridgehead atoms. The highest BCUT2D eigenvalue weighted by molar-refractivity contribution is 7.98. The Morgan fingerprint density at radius 2 is 2.16 bits per heavy atom. The fraction of sp³-hybridized carbons (Fsp3) is 0.533. The van der Waals surface area contributed by atoms with Gasteiger partial charge in [-0.2, -0.15) is 11.8 Å². The van der Waals surface area contributed by atoms with Crippen molar-refractivity contribution in [1.82, 2.24) is 4.90 Å². The van der Waals surface area contributed by atoms with E-state index < -0.39 is 0 Å². The number of nitrogens with zero attached hydrogens (tertiary/aromatic N) is 1. The second kappa shape index (κ2) is 7.88. The minimum Gasteiger partial charge on any atom is -0.389 e. The molecule has 2 nitrogen and oxygen atoms in total. The Kier molecular flexibility index (Phi) is 6.83. The number of benzene rings is 1. The van der Waals surface area contributed by atoms with E-state index in [1.54, 1.807) is 0 Å². The zero-order valence-electron chi connectivity index (χ0n) is 12.3. The smallest absolute Gasteiger partial charge is 0.103 e. The van der Waals surface area contributed by atoms with E-state index in [0.29, 0.717) is 11.0 Å². The zero-order chi connectivity index (χ0) is 14.4. The van der Waals surface area contributed by atoms with E-state index in [0.717, 1.165) is 12.1 Å². The molecular formula is C15H24N2S2. The molecule has 0 spiro atoms. The van der Waals surface area contributed by atoms with Crippen LogP contribution in [-0.4, -0.2) is 35.0 Å². The molecule has 0 amide bonds. The van der Waals surface area contributed by atoms with Crippen LogP contribution >= 0.6 is 24.0 Å². The maximum Gasteiger partial charge on any atom is 0.103 e. The number of hydrogen-bond acceptors (Lipinski definition) is 3. The SMILES string of the molecule is CSCCC(C)N(C)Cc1ccc(C(N)=S)cc1C. The van der Waals surface area contributed by atoms with Crippen molar-refractivity contribution in [3.63, 3.8) is 0 Å². The fourth-order valence-corrected chi connectivity index (χ4v) is 2.66. The van der Waals surface area contributed by atoms with Crippen molar-refractivity contribution in [1.29, 1.82) is 0 Å². The third-order valence-corrected chi connectivity index (χ3v) is 4.42. The quantitative estimate of drug-likeness (QED) is 0.782. The molecule has 19 heavy (non-hydrogen) atoms. The first-order chi connectivity index (χ1) is 8.95. The van der Waals surface area contributed by atoms with Crippen LogP contribution in [0.5, 0.6) is 0 Å². The molecule has 0 heterocycles. The lowest BCUT2D eigenvalue weighted by molar-refractivity contribution is 0.244. The Hall–Kier alpha value is -0.580. The summed E-state index contributed by atoms with van der Waals surface area (Å²) in [5, 5.41) is 0. The number of nitrogens with two attached hydrogens (primary N) is 1. The summed E-state index contributed by atoms with van der Waals surface area (Å²) in [5.41, 5.74) is 9.21. The summed E-state index contributed by atoms with van der Waals surface area (Å²) in [7, 11) is 2.19. The van der Waals surface area contributed by atoms with Gasteiger partial charge in [-0.1, -0.05) is 24.4 Å². The third-order valence-electron chi connectivity index (χ3n) is 3.54. The second-order valence-electron chi connectivity index (χ2n) is 5.05. The highest BCUT2D eigenvalue weighted by Gasteiger charge is 2.11. The van der Waals surface area contributed by atoms with Gasteiger partial charge in [0.15, 0.2) is 0 Å². The molecule has 0 radical (unpaired) electrons. The van der Waals surface area contributed by atoms with Crippen LogP contribution in [0.1, 0.15) is 30.0 Å². The van der Waals surface area contributed by atoms with E-state index >= 15 is 0 Å². The standard InChI is InChI=1S/C15H24N2S2/c1-11-9-13(15(16)18)5-6-14(11)10-17(3)12(2)7-8-19-4/h5-6,9,12H,7-8,10H2,1-4H3,(H2,16,18). The molecule has 1 aromatic carbocycles. The largest absolute Gasteiger partial charge is 0.389 e. The molecule has 4 heteroatoms. The van der Waals surface area contributed by atoms with E-state index in [9.17, 15) is 0 Å². The Balaban J connectivity index is 2.69. The lowest BCUT2D eigenvalue weighted by atomic mass is 10.0. The van der Waals surface area contributed by atoms with Gasteiger partial charge in [-0.25, -0.2) is 0 Å². The van der Waals surface area contributed by atoms with E-state index in [-0.39, 0.29) is 0 Å². The maximum absolute atomic E-state index is 5.66. The molecule has 0 saturated carbocycles. The van der Waals surface area contributed by atoms with E-state index in [1.165, 1.54) is 23.3 Å².